The molecule has 0 bridgehead atoms. The van der Waals surface area contributed by atoms with Gasteiger partial charge in [0.25, 0.3) is 5.91 Å². The summed E-state index contributed by atoms with van der Waals surface area (Å²) < 4.78 is 0. The van der Waals surface area contributed by atoms with E-state index in [1.807, 2.05) is 60.7 Å². The molecule has 0 aromatic heterocycles. The standard InChI is InChI=1S/C25H23N3O2S/c1-28(18-20-12-6-3-7-13-20)24(30)21-14-8-9-15-22(21)26-25(31)27-23(29)17-16-19-10-4-2-5-11-19/h2-17H,18H2,1H3,(H2,26,27,29,31)/b17-16+. The van der Waals surface area contributed by atoms with Gasteiger partial charge in [0.1, 0.15) is 0 Å². The molecule has 3 aromatic carbocycles. The van der Waals surface area contributed by atoms with Crippen LogP contribution in [-0.4, -0.2) is 28.9 Å². The summed E-state index contributed by atoms with van der Waals surface area (Å²) in [6, 6.07) is 26.3. The lowest BCUT2D eigenvalue weighted by molar-refractivity contribution is -0.115. The number of anilines is 1. The quantitative estimate of drug-likeness (QED) is 0.448. The Bertz CT molecular complexity index is 1080. The summed E-state index contributed by atoms with van der Waals surface area (Å²) in [7, 11) is 1.75. The number of hydrogen-bond acceptors (Lipinski definition) is 3. The SMILES string of the molecule is CN(Cc1ccccc1)C(=O)c1ccccc1NC(=S)NC(=O)/C=C/c1ccccc1. The highest BCUT2D eigenvalue weighted by atomic mass is 32.1. The van der Waals surface area contributed by atoms with Gasteiger partial charge in [0, 0.05) is 19.7 Å². The van der Waals surface area contributed by atoms with Crippen LogP contribution >= 0.6 is 12.2 Å². The second-order valence-electron chi connectivity index (χ2n) is 6.88. The van der Waals surface area contributed by atoms with E-state index in [9.17, 15) is 9.59 Å². The van der Waals surface area contributed by atoms with Crippen LogP contribution in [0.3, 0.4) is 0 Å². The van der Waals surface area contributed by atoms with Crippen LogP contribution in [0.25, 0.3) is 6.08 Å². The summed E-state index contributed by atoms with van der Waals surface area (Å²) in [5.41, 5.74) is 2.95. The molecule has 0 saturated heterocycles. The van der Waals surface area contributed by atoms with Crippen molar-refractivity contribution in [2.24, 2.45) is 0 Å². The third kappa shape index (κ3) is 6.62. The molecule has 2 amide bonds. The van der Waals surface area contributed by atoms with Gasteiger partial charge in [-0.2, -0.15) is 0 Å². The van der Waals surface area contributed by atoms with E-state index >= 15 is 0 Å². The van der Waals surface area contributed by atoms with Gasteiger partial charge in [0.15, 0.2) is 5.11 Å². The van der Waals surface area contributed by atoms with E-state index in [1.54, 1.807) is 42.3 Å². The summed E-state index contributed by atoms with van der Waals surface area (Å²) in [5, 5.41) is 5.68. The lowest BCUT2D eigenvalue weighted by Gasteiger charge is -2.20. The third-order valence-electron chi connectivity index (χ3n) is 4.48. The minimum absolute atomic E-state index is 0.119. The average molecular weight is 430 g/mol. The lowest BCUT2D eigenvalue weighted by Crippen LogP contribution is -2.34. The van der Waals surface area contributed by atoms with E-state index in [1.165, 1.54) is 6.08 Å². The Balaban J connectivity index is 1.63. The van der Waals surface area contributed by atoms with Crippen molar-refractivity contribution in [1.29, 1.82) is 0 Å². The van der Waals surface area contributed by atoms with Gasteiger partial charge in [-0.25, -0.2) is 0 Å². The molecule has 5 nitrogen and oxygen atoms in total. The molecule has 0 atom stereocenters. The average Bonchev–Trinajstić information content (AvgIpc) is 2.79. The number of hydrogen-bond donors (Lipinski definition) is 2. The van der Waals surface area contributed by atoms with Gasteiger partial charge >= 0.3 is 0 Å². The normalized spacial score (nSPS) is 10.5. The van der Waals surface area contributed by atoms with Crippen LogP contribution in [0.2, 0.25) is 0 Å². The van der Waals surface area contributed by atoms with E-state index in [-0.39, 0.29) is 16.9 Å². The van der Waals surface area contributed by atoms with Gasteiger partial charge in [-0.15, -0.1) is 0 Å². The molecule has 0 unspecified atom stereocenters. The van der Waals surface area contributed by atoms with Crippen molar-refractivity contribution in [3.63, 3.8) is 0 Å². The highest BCUT2D eigenvalue weighted by molar-refractivity contribution is 7.80. The van der Waals surface area contributed by atoms with Gasteiger partial charge in [-0.3, -0.25) is 14.9 Å². The number of nitrogens with zero attached hydrogens (tertiary/aromatic N) is 1. The molecule has 6 heteroatoms. The fourth-order valence-electron chi connectivity index (χ4n) is 2.96. The molecule has 31 heavy (non-hydrogen) atoms. The van der Waals surface area contributed by atoms with E-state index in [2.05, 4.69) is 10.6 Å². The molecule has 3 aromatic rings. The van der Waals surface area contributed by atoms with Crippen LogP contribution < -0.4 is 10.6 Å². The maximum Gasteiger partial charge on any atom is 0.256 e. The Morgan fingerprint density at radius 3 is 2.23 bits per heavy atom. The van der Waals surface area contributed by atoms with Crippen LogP contribution in [0.5, 0.6) is 0 Å². The molecular formula is C25H23N3O2S. The van der Waals surface area contributed by atoms with E-state index in [4.69, 9.17) is 12.2 Å². The molecule has 0 heterocycles. The molecule has 0 spiro atoms. The van der Waals surface area contributed by atoms with Crippen molar-refractivity contribution in [3.8, 4) is 0 Å². The number of carbonyl (C=O) groups excluding carboxylic acids is 2. The van der Waals surface area contributed by atoms with Crippen LogP contribution in [0.1, 0.15) is 21.5 Å². The largest absolute Gasteiger partial charge is 0.337 e. The second-order valence-corrected chi connectivity index (χ2v) is 7.29. The summed E-state index contributed by atoms with van der Waals surface area (Å²) in [6.45, 7) is 0.486. The molecule has 2 N–H and O–H groups in total. The molecule has 0 fully saturated rings. The molecule has 0 aliphatic rings. The Kier molecular flexibility index (Phi) is 7.67. The van der Waals surface area contributed by atoms with Crippen LogP contribution in [0.4, 0.5) is 5.69 Å². The summed E-state index contributed by atoms with van der Waals surface area (Å²) in [5.74, 6) is -0.503. The van der Waals surface area contributed by atoms with E-state index in [0.29, 0.717) is 17.8 Å². The zero-order valence-corrected chi connectivity index (χ0v) is 17.9. The minimum atomic E-state index is -0.355. The van der Waals surface area contributed by atoms with Gasteiger partial charge in [-0.1, -0.05) is 72.8 Å². The molecule has 0 radical (unpaired) electrons. The fourth-order valence-corrected chi connectivity index (χ4v) is 3.17. The van der Waals surface area contributed by atoms with Gasteiger partial charge in [-0.05, 0) is 41.6 Å². The fraction of sp³-hybridized carbons (Fsp3) is 0.0800. The first-order chi connectivity index (χ1) is 15.0. The van der Waals surface area contributed by atoms with Crippen molar-refractivity contribution in [1.82, 2.24) is 10.2 Å². The van der Waals surface area contributed by atoms with Gasteiger partial charge in [0.05, 0.1) is 11.3 Å². The highest BCUT2D eigenvalue weighted by Crippen LogP contribution is 2.18. The Morgan fingerprint density at radius 2 is 1.52 bits per heavy atom. The molecule has 156 valence electrons. The first-order valence-electron chi connectivity index (χ1n) is 9.76. The summed E-state index contributed by atoms with van der Waals surface area (Å²) in [4.78, 5) is 26.8. The van der Waals surface area contributed by atoms with E-state index < -0.39 is 0 Å². The molecule has 0 aliphatic heterocycles. The first-order valence-corrected chi connectivity index (χ1v) is 10.2. The van der Waals surface area contributed by atoms with Crippen LogP contribution in [-0.2, 0) is 11.3 Å². The van der Waals surface area contributed by atoms with Crippen molar-refractivity contribution >= 4 is 40.9 Å². The Hall–Kier alpha value is -3.77. The number of thiocarbonyl (C=S) groups is 1. The Labute approximate surface area is 187 Å². The number of benzene rings is 3. The predicted molar refractivity (Wildman–Crippen MR) is 129 cm³/mol. The number of carbonyl (C=O) groups is 2. The van der Waals surface area contributed by atoms with Gasteiger partial charge < -0.3 is 10.2 Å². The monoisotopic (exact) mass is 429 g/mol. The molecule has 3 rings (SSSR count). The first kappa shape index (κ1) is 21.9. The second kappa shape index (κ2) is 10.8. The number of amides is 2. The van der Waals surface area contributed by atoms with Gasteiger partial charge in [0.2, 0.25) is 5.91 Å². The predicted octanol–water partition coefficient (Wildman–Crippen LogP) is 4.49. The van der Waals surface area contributed by atoms with Crippen LogP contribution in [0.15, 0.2) is 91.0 Å². The molecule has 0 saturated carbocycles. The summed E-state index contributed by atoms with van der Waals surface area (Å²) >= 11 is 5.26. The topological polar surface area (TPSA) is 61.4 Å². The number of rotatable bonds is 6. The Morgan fingerprint density at radius 1 is 0.903 bits per heavy atom. The maximum atomic E-state index is 13.0. The zero-order valence-electron chi connectivity index (χ0n) is 17.1. The highest BCUT2D eigenvalue weighted by Gasteiger charge is 2.16. The molecule has 0 aliphatic carbocycles. The van der Waals surface area contributed by atoms with E-state index in [0.717, 1.165) is 11.1 Å². The van der Waals surface area contributed by atoms with Crippen molar-refractivity contribution < 1.29 is 9.59 Å². The number of para-hydroxylation sites is 1. The lowest BCUT2D eigenvalue weighted by atomic mass is 10.1. The zero-order chi connectivity index (χ0) is 22.1. The summed E-state index contributed by atoms with van der Waals surface area (Å²) in [6.07, 6.45) is 3.11. The minimum Gasteiger partial charge on any atom is -0.337 e. The van der Waals surface area contributed by atoms with Crippen molar-refractivity contribution in [2.75, 3.05) is 12.4 Å². The number of nitrogens with one attached hydrogen (secondary N) is 2. The van der Waals surface area contributed by atoms with Crippen LogP contribution in [0, 0.1) is 0 Å². The van der Waals surface area contributed by atoms with Crippen molar-refractivity contribution in [3.05, 3.63) is 108 Å². The smallest absolute Gasteiger partial charge is 0.256 e. The third-order valence-corrected chi connectivity index (χ3v) is 4.68. The van der Waals surface area contributed by atoms with Crippen molar-refractivity contribution in [2.45, 2.75) is 6.54 Å². The maximum absolute atomic E-state index is 13.0. The molecular weight excluding hydrogens is 406 g/mol.